The van der Waals surface area contributed by atoms with Gasteiger partial charge in [-0.2, -0.15) is 23.4 Å². The van der Waals surface area contributed by atoms with E-state index in [2.05, 4.69) is 25.6 Å². The van der Waals surface area contributed by atoms with Gasteiger partial charge in [0.2, 0.25) is 0 Å². The van der Waals surface area contributed by atoms with Crippen molar-refractivity contribution in [1.29, 1.82) is 0 Å². The van der Waals surface area contributed by atoms with Gasteiger partial charge in [0, 0.05) is 31.1 Å². The fourth-order valence-corrected chi connectivity index (χ4v) is 2.19. The standard InChI is InChI=1S/C14H11F3N6O/c1-23-12(14(15,16)17)9(7-19-23)13(24)20-11-6-10(21-22-11)8-2-4-18-5-3-8/h2-7H,1H3,(H2,20,21,22,24). The van der Waals surface area contributed by atoms with Crippen LogP contribution in [0.25, 0.3) is 11.3 Å². The number of aryl methyl sites for hydroxylation is 1. The predicted octanol–water partition coefficient (Wildman–Crippen LogP) is 2.48. The van der Waals surface area contributed by atoms with Gasteiger partial charge in [0.1, 0.15) is 0 Å². The molecule has 0 unspecified atom stereocenters. The number of aromatic nitrogens is 5. The normalized spacial score (nSPS) is 11.5. The molecule has 1 amide bonds. The Kier molecular flexibility index (Phi) is 3.80. The summed E-state index contributed by atoms with van der Waals surface area (Å²) in [6.07, 6.45) is -0.653. The van der Waals surface area contributed by atoms with Gasteiger partial charge in [0.05, 0.1) is 17.5 Å². The molecule has 0 saturated heterocycles. The maximum absolute atomic E-state index is 13.0. The molecule has 124 valence electrons. The van der Waals surface area contributed by atoms with Crippen molar-refractivity contribution in [3.63, 3.8) is 0 Å². The summed E-state index contributed by atoms with van der Waals surface area (Å²) in [6, 6.07) is 4.96. The molecule has 2 N–H and O–H groups in total. The first-order valence-electron chi connectivity index (χ1n) is 6.72. The number of halogens is 3. The fraction of sp³-hybridized carbons (Fsp3) is 0.143. The third kappa shape index (κ3) is 2.98. The highest BCUT2D eigenvalue weighted by molar-refractivity contribution is 6.04. The van der Waals surface area contributed by atoms with Crippen LogP contribution >= 0.6 is 0 Å². The van der Waals surface area contributed by atoms with Gasteiger partial charge in [-0.1, -0.05) is 0 Å². The summed E-state index contributed by atoms with van der Waals surface area (Å²) in [5.74, 6) is -0.841. The Bertz CT molecular complexity index is 868. The highest BCUT2D eigenvalue weighted by atomic mass is 19.4. The minimum Gasteiger partial charge on any atom is -0.305 e. The molecule has 0 spiro atoms. The Balaban J connectivity index is 1.83. The zero-order valence-electron chi connectivity index (χ0n) is 12.3. The maximum atomic E-state index is 13.0. The number of hydrogen-bond donors (Lipinski definition) is 2. The largest absolute Gasteiger partial charge is 0.433 e. The van der Waals surface area contributed by atoms with Crippen molar-refractivity contribution >= 4 is 11.7 Å². The van der Waals surface area contributed by atoms with Crippen molar-refractivity contribution < 1.29 is 18.0 Å². The molecule has 0 saturated carbocycles. The summed E-state index contributed by atoms with van der Waals surface area (Å²) in [5.41, 5.74) is -0.325. The van der Waals surface area contributed by atoms with Gasteiger partial charge in [0.15, 0.2) is 11.5 Å². The highest BCUT2D eigenvalue weighted by Gasteiger charge is 2.39. The van der Waals surface area contributed by atoms with Gasteiger partial charge in [-0.25, -0.2) is 0 Å². The van der Waals surface area contributed by atoms with E-state index in [1.54, 1.807) is 24.5 Å². The van der Waals surface area contributed by atoms with Crippen molar-refractivity contribution in [2.45, 2.75) is 6.18 Å². The van der Waals surface area contributed by atoms with Gasteiger partial charge >= 0.3 is 6.18 Å². The van der Waals surface area contributed by atoms with E-state index in [0.29, 0.717) is 10.4 Å². The number of H-pyrrole nitrogens is 1. The molecule has 0 fully saturated rings. The van der Waals surface area contributed by atoms with E-state index in [9.17, 15) is 18.0 Å². The Labute approximate surface area is 133 Å². The van der Waals surface area contributed by atoms with Crippen molar-refractivity contribution in [3.8, 4) is 11.3 Å². The Morgan fingerprint density at radius 2 is 2.00 bits per heavy atom. The second kappa shape index (κ2) is 5.80. The van der Waals surface area contributed by atoms with E-state index in [-0.39, 0.29) is 5.82 Å². The number of nitrogens with zero attached hydrogens (tertiary/aromatic N) is 4. The van der Waals surface area contributed by atoms with E-state index in [1.165, 1.54) is 6.07 Å². The molecule has 0 bridgehead atoms. The molecule has 0 aliphatic carbocycles. The number of carbonyl (C=O) groups excluding carboxylic acids is 1. The van der Waals surface area contributed by atoms with E-state index < -0.39 is 23.3 Å². The number of pyridine rings is 1. The van der Waals surface area contributed by atoms with E-state index in [0.717, 1.165) is 18.8 Å². The molecule has 0 aliphatic rings. The number of amides is 1. The smallest absolute Gasteiger partial charge is 0.305 e. The quantitative estimate of drug-likeness (QED) is 0.769. The molecule has 0 radical (unpaired) electrons. The monoisotopic (exact) mass is 336 g/mol. The molecular weight excluding hydrogens is 325 g/mol. The van der Waals surface area contributed by atoms with Gasteiger partial charge in [-0.05, 0) is 12.1 Å². The zero-order valence-corrected chi connectivity index (χ0v) is 12.3. The number of anilines is 1. The summed E-state index contributed by atoms with van der Waals surface area (Å²) in [6.45, 7) is 0. The summed E-state index contributed by atoms with van der Waals surface area (Å²) in [7, 11) is 1.12. The van der Waals surface area contributed by atoms with E-state index in [4.69, 9.17) is 0 Å². The van der Waals surface area contributed by atoms with Crippen LogP contribution in [-0.2, 0) is 13.2 Å². The molecule has 7 nitrogen and oxygen atoms in total. The van der Waals surface area contributed by atoms with Crippen molar-refractivity contribution in [3.05, 3.63) is 48.0 Å². The van der Waals surface area contributed by atoms with Gasteiger partial charge < -0.3 is 5.32 Å². The second-order valence-corrected chi connectivity index (χ2v) is 4.89. The number of carbonyl (C=O) groups is 1. The molecule has 3 rings (SSSR count). The van der Waals surface area contributed by atoms with Gasteiger partial charge in [-0.15, -0.1) is 0 Å². The molecule has 0 aromatic carbocycles. The summed E-state index contributed by atoms with van der Waals surface area (Å²) in [4.78, 5) is 16.0. The molecule has 3 heterocycles. The topological polar surface area (TPSA) is 88.5 Å². The third-order valence-electron chi connectivity index (χ3n) is 3.26. The first-order valence-corrected chi connectivity index (χ1v) is 6.72. The van der Waals surface area contributed by atoms with Crippen molar-refractivity contribution in [2.24, 2.45) is 7.05 Å². The number of alkyl halides is 3. The van der Waals surface area contributed by atoms with Crippen LogP contribution in [0.4, 0.5) is 19.0 Å². The summed E-state index contributed by atoms with van der Waals surface area (Å²) >= 11 is 0. The number of aromatic amines is 1. The molecule has 3 aromatic rings. The first kappa shape index (κ1) is 15.7. The Morgan fingerprint density at radius 3 is 2.67 bits per heavy atom. The molecule has 0 aliphatic heterocycles. The second-order valence-electron chi connectivity index (χ2n) is 4.89. The van der Waals surface area contributed by atoms with Crippen LogP contribution in [0.3, 0.4) is 0 Å². The van der Waals surface area contributed by atoms with Crippen molar-refractivity contribution in [1.82, 2.24) is 25.0 Å². The summed E-state index contributed by atoms with van der Waals surface area (Å²) < 4.78 is 39.6. The third-order valence-corrected chi connectivity index (χ3v) is 3.26. The van der Waals surface area contributed by atoms with E-state index >= 15 is 0 Å². The lowest BCUT2D eigenvalue weighted by molar-refractivity contribution is -0.144. The number of nitrogens with one attached hydrogen (secondary N) is 2. The van der Waals surface area contributed by atoms with Gasteiger partial charge in [-0.3, -0.25) is 19.6 Å². The Hall–Kier alpha value is -3.17. The highest BCUT2D eigenvalue weighted by Crippen LogP contribution is 2.31. The predicted molar refractivity (Wildman–Crippen MR) is 78.0 cm³/mol. The fourth-order valence-electron chi connectivity index (χ4n) is 2.19. The van der Waals surface area contributed by atoms with Crippen LogP contribution in [-0.4, -0.2) is 30.9 Å². The lowest BCUT2D eigenvalue weighted by atomic mass is 10.2. The minimum absolute atomic E-state index is 0.101. The molecule has 24 heavy (non-hydrogen) atoms. The molecule has 3 aromatic heterocycles. The van der Waals surface area contributed by atoms with Crippen LogP contribution in [0.5, 0.6) is 0 Å². The number of hydrogen-bond acceptors (Lipinski definition) is 4. The summed E-state index contributed by atoms with van der Waals surface area (Å²) in [5, 5.41) is 12.4. The molecule has 0 atom stereocenters. The van der Waals surface area contributed by atoms with Crippen LogP contribution in [0.1, 0.15) is 16.1 Å². The number of rotatable bonds is 3. The zero-order chi connectivity index (χ0) is 17.3. The average Bonchev–Trinajstić information content (AvgIpc) is 3.14. The SMILES string of the molecule is Cn1ncc(C(=O)Nc2cc(-c3ccncc3)[nH]n2)c1C(F)(F)F. The van der Waals surface area contributed by atoms with Crippen LogP contribution < -0.4 is 5.32 Å². The molecule has 10 heteroatoms. The van der Waals surface area contributed by atoms with Crippen molar-refractivity contribution in [2.75, 3.05) is 5.32 Å². The van der Waals surface area contributed by atoms with Crippen LogP contribution in [0.2, 0.25) is 0 Å². The lowest BCUT2D eigenvalue weighted by Gasteiger charge is -2.09. The van der Waals surface area contributed by atoms with Gasteiger partial charge in [0.25, 0.3) is 5.91 Å². The average molecular weight is 336 g/mol. The van der Waals surface area contributed by atoms with Crippen LogP contribution in [0, 0.1) is 0 Å². The lowest BCUT2D eigenvalue weighted by Crippen LogP contribution is -2.20. The maximum Gasteiger partial charge on any atom is 0.433 e. The first-order chi connectivity index (χ1) is 11.4. The van der Waals surface area contributed by atoms with Crippen LogP contribution in [0.15, 0.2) is 36.8 Å². The minimum atomic E-state index is -4.69. The van der Waals surface area contributed by atoms with E-state index in [1.807, 2.05) is 0 Å². The Morgan fingerprint density at radius 1 is 1.29 bits per heavy atom. The molecular formula is C14H11F3N6O.